The molecule has 1 aliphatic heterocycles. The Morgan fingerprint density at radius 3 is 2.64 bits per heavy atom. The molecule has 0 unspecified atom stereocenters. The minimum atomic E-state index is -0.479. The van der Waals surface area contributed by atoms with Gasteiger partial charge in [0.25, 0.3) is 5.69 Å². The number of fused-ring (bicyclic) bond motifs is 1. The summed E-state index contributed by atoms with van der Waals surface area (Å²) in [6, 6.07) is 10.2. The van der Waals surface area contributed by atoms with E-state index in [1.54, 1.807) is 29.9 Å². The zero-order valence-corrected chi connectivity index (χ0v) is 16.1. The van der Waals surface area contributed by atoms with Gasteiger partial charge < -0.3 is 9.47 Å². The van der Waals surface area contributed by atoms with Gasteiger partial charge in [0.15, 0.2) is 11.5 Å². The third-order valence-corrected chi connectivity index (χ3v) is 5.21. The van der Waals surface area contributed by atoms with E-state index in [1.165, 1.54) is 23.6 Å². The highest BCUT2D eigenvalue weighted by molar-refractivity contribution is 7.07. The van der Waals surface area contributed by atoms with Crippen LogP contribution in [0.5, 0.6) is 11.5 Å². The Morgan fingerprint density at radius 1 is 1.25 bits per heavy atom. The first-order chi connectivity index (χ1) is 13.6. The molecule has 0 saturated heterocycles. The molecule has 0 radical (unpaired) electrons. The average molecular weight is 417 g/mol. The van der Waals surface area contributed by atoms with Crippen molar-refractivity contribution < 1.29 is 14.4 Å². The van der Waals surface area contributed by atoms with E-state index in [9.17, 15) is 10.1 Å². The zero-order chi connectivity index (χ0) is 19.7. The fourth-order valence-electron chi connectivity index (χ4n) is 2.71. The largest absolute Gasteiger partial charge is 0.454 e. The zero-order valence-electron chi connectivity index (χ0n) is 14.5. The Labute approximate surface area is 168 Å². The van der Waals surface area contributed by atoms with E-state index in [0.717, 1.165) is 11.3 Å². The first-order valence-corrected chi connectivity index (χ1v) is 9.34. The number of hydrogen-bond donors (Lipinski definition) is 0. The fraction of sp³-hybridized carbons (Fsp3) is 0.111. The molecule has 2 aromatic carbocycles. The quantitative estimate of drug-likeness (QED) is 0.366. The molecular formula is C18H13ClN4O4S. The van der Waals surface area contributed by atoms with Crippen LogP contribution in [-0.4, -0.2) is 29.7 Å². The third kappa shape index (κ3) is 3.37. The normalized spacial score (nSPS) is 13.4. The predicted octanol–water partition coefficient (Wildman–Crippen LogP) is 3.92. The van der Waals surface area contributed by atoms with Gasteiger partial charge in [0.1, 0.15) is 0 Å². The van der Waals surface area contributed by atoms with Gasteiger partial charge in [-0.15, -0.1) is 11.3 Å². The Kier molecular flexibility index (Phi) is 4.84. The van der Waals surface area contributed by atoms with E-state index in [4.69, 9.17) is 21.1 Å². The molecule has 2 heterocycles. The summed E-state index contributed by atoms with van der Waals surface area (Å²) in [6.45, 7) is 0.0337. The van der Waals surface area contributed by atoms with Gasteiger partial charge in [-0.05, 0) is 18.2 Å². The minimum Gasteiger partial charge on any atom is -0.454 e. The van der Waals surface area contributed by atoms with E-state index in [2.05, 4.69) is 10.1 Å². The van der Waals surface area contributed by atoms with Crippen LogP contribution in [0.15, 0.2) is 51.9 Å². The van der Waals surface area contributed by atoms with E-state index < -0.39 is 4.92 Å². The summed E-state index contributed by atoms with van der Waals surface area (Å²) >= 11 is 7.38. The molecule has 3 aromatic rings. The molecule has 1 aromatic heterocycles. The highest BCUT2D eigenvalue weighted by atomic mass is 35.5. The first-order valence-electron chi connectivity index (χ1n) is 8.08. The lowest BCUT2D eigenvalue weighted by Crippen LogP contribution is -2.11. The van der Waals surface area contributed by atoms with Crippen LogP contribution < -0.4 is 14.3 Å². The number of aromatic nitrogens is 1. The SMILES string of the molecule is CN=c1scc(-c2ccc(Cl)cc2)n1N=Cc1cc2c(cc1[N+](=O)[O-])OCO2. The highest BCUT2D eigenvalue weighted by Crippen LogP contribution is 2.37. The van der Waals surface area contributed by atoms with Crippen LogP contribution in [0.4, 0.5) is 5.69 Å². The van der Waals surface area contributed by atoms with E-state index in [1.807, 2.05) is 17.5 Å². The maximum Gasteiger partial charge on any atom is 0.282 e. The Morgan fingerprint density at radius 2 is 1.96 bits per heavy atom. The molecule has 4 rings (SSSR count). The summed E-state index contributed by atoms with van der Waals surface area (Å²) in [5.74, 6) is 0.791. The molecule has 0 fully saturated rings. The van der Waals surface area contributed by atoms with Crippen LogP contribution in [0.1, 0.15) is 5.56 Å². The lowest BCUT2D eigenvalue weighted by atomic mass is 10.1. The van der Waals surface area contributed by atoms with Crippen molar-refractivity contribution in [2.45, 2.75) is 0 Å². The summed E-state index contributed by atoms with van der Waals surface area (Å²) < 4.78 is 12.2. The van der Waals surface area contributed by atoms with Crippen molar-refractivity contribution in [3.63, 3.8) is 0 Å². The number of halogens is 1. The van der Waals surface area contributed by atoms with Gasteiger partial charge in [-0.2, -0.15) is 5.10 Å². The highest BCUT2D eigenvalue weighted by Gasteiger charge is 2.22. The van der Waals surface area contributed by atoms with Crippen LogP contribution in [0.3, 0.4) is 0 Å². The van der Waals surface area contributed by atoms with Crippen molar-refractivity contribution >= 4 is 34.8 Å². The van der Waals surface area contributed by atoms with E-state index >= 15 is 0 Å². The number of rotatable bonds is 4. The Bertz CT molecular complexity index is 1150. The maximum atomic E-state index is 11.4. The lowest BCUT2D eigenvalue weighted by molar-refractivity contribution is -0.385. The summed E-state index contributed by atoms with van der Waals surface area (Å²) in [5.41, 5.74) is 1.87. The van der Waals surface area contributed by atoms with Crippen molar-refractivity contribution in [1.29, 1.82) is 0 Å². The van der Waals surface area contributed by atoms with Crippen molar-refractivity contribution in [3.8, 4) is 22.8 Å². The second-order valence-electron chi connectivity index (χ2n) is 5.71. The van der Waals surface area contributed by atoms with E-state index in [-0.39, 0.29) is 12.5 Å². The van der Waals surface area contributed by atoms with Crippen LogP contribution in [0.25, 0.3) is 11.3 Å². The van der Waals surface area contributed by atoms with Gasteiger partial charge in [-0.3, -0.25) is 15.1 Å². The van der Waals surface area contributed by atoms with Crippen molar-refractivity contribution in [1.82, 2.24) is 4.68 Å². The van der Waals surface area contributed by atoms with Crippen molar-refractivity contribution in [2.75, 3.05) is 13.8 Å². The molecule has 0 aliphatic carbocycles. The monoisotopic (exact) mass is 416 g/mol. The molecule has 8 nitrogen and oxygen atoms in total. The third-order valence-electron chi connectivity index (χ3n) is 4.05. The molecule has 0 saturated carbocycles. The molecule has 0 bridgehead atoms. The number of benzene rings is 2. The number of nitro benzene ring substituents is 1. The molecule has 10 heteroatoms. The molecule has 1 aliphatic rings. The molecule has 142 valence electrons. The number of hydrogen-bond acceptors (Lipinski definition) is 7. The van der Waals surface area contributed by atoms with Gasteiger partial charge in [-0.25, -0.2) is 4.68 Å². The topological polar surface area (TPSA) is 91.2 Å². The van der Waals surface area contributed by atoms with Gasteiger partial charge in [0.2, 0.25) is 11.6 Å². The molecular weight excluding hydrogens is 404 g/mol. The first kappa shape index (κ1) is 18.2. The van der Waals surface area contributed by atoms with E-state index in [0.29, 0.717) is 26.9 Å². The van der Waals surface area contributed by atoms with Gasteiger partial charge in [-0.1, -0.05) is 23.7 Å². The molecule has 28 heavy (non-hydrogen) atoms. The Hall–Kier alpha value is -3.17. The van der Waals surface area contributed by atoms with Crippen LogP contribution >= 0.6 is 22.9 Å². The second-order valence-corrected chi connectivity index (χ2v) is 6.98. The maximum absolute atomic E-state index is 11.4. The number of nitro groups is 1. The predicted molar refractivity (Wildman–Crippen MR) is 106 cm³/mol. The number of nitrogens with zero attached hydrogens (tertiary/aromatic N) is 4. The fourth-order valence-corrected chi connectivity index (χ4v) is 3.64. The molecule has 0 amide bonds. The smallest absolute Gasteiger partial charge is 0.282 e. The van der Waals surface area contributed by atoms with Gasteiger partial charge in [0, 0.05) is 23.0 Å². The molecule has 0 atom stereocenters. The lowest BCUT2D eigenvalue weighted by Gasteiger charge is -2.04. The van der Waals surface area contributed by atoms with Crippen LogP contribution in [0.2, 0.25) is 5.02 Å². The van der Waals surface area contributed by atoms with Crippen LogP contribution in [-0.2, 0) is 0 Å². The molecule has 0 N–H and O–H groups in total. The summed E-state index contributed by atoms with van der Waals surface area (Å²) in [6.07, 6.45) is 1.42. The van der Waals surface area contributed by atoms with Crippen molar-refractivity contribution in [2.24, 2.45) is 10.1 Å². The minimum absolute atomic E-state index is 0.0337. The molecule has 0 spiro atoms. The number of ether oxygens (including phenoxy) is 2. The average Bonchev–Trinajstić information content (AvgIpc) is 3.32. The van der Waals surface area contributed by atoms with Crippen molar-refractivity contribution in [3.05, 3.63) is 67.3 Å². The summed E-state index contributed by atoms with van der Waals surface area (Å²) in [4.78, 5) is 15.8. The van der Waals surface area contributed by atoms with Crippen LogP contribution in [0, 0.1) is 10.1 Å². The summed E-state index contributed by atoms with van der Waals surface area (Å²) in [5, 5.41) is 18.4. The van der Waals surface area contributed by atoms with Gasteiger partial charge in [0.05, 0.1) is 28.5 Å². The summed E-state index contributed by atoms with van der Waals surface area (Å²) in [7, 11) is 1.66. The van der Waals surface area contributed by atoms with Gasteiger partial charge >= 0.3 is 0 Å². The standard InChI is InChI=1S/C18H13ClN4O4S/c1-20-18-22(15(9-28-18)11-2-4-13(19)5-3-11)21-8-12-6-16-17(27-10-26-16)7-14(12)23(24)25/h2-9H,10H2,1H3. The Balaban J connectivity index is 1.80. The second kappa shape index (κ2) is 7.45. The number of thiazole rings is 1.